The molecule has 9 heteroatoms. The number of oxazole rings is 1. The Morgan fingerprint density at radius 3 is 2.63 bits per heavy atom. The van der Waals surface area contributed by atoms with Crippen molar-refractivity contribution in [1.29, 1.82) is 0 Å². The fourth-order valence-corrected chi connectivity index (χ4v) is 4.98. The zero-order valence-corrected chi connectivity index (χ0v) is 19.7. The summed E-state index contributed by atoms with van der Waals surface area (Å²) in [5, 5.41) is 17.8. The lowest BCUT2D eigenvalue weighted by molar-refractivity contribution is -0.138. The van der Waals surface area contributed by atoms with E-state index in [1.807, 2.05) is 30.3 Å². The molecule has 0 unspecified atom stereocenters. The first-order valence-corrected chi connectivity index (χ1v) is 12.0. The summed E-state index contributed by atoms with van der Waals surface area (Å²) in [6.07, 6.45) is 6.62. The minimum atomic E-state index is -0.769. The molecule has 5 rings (SSSR count). The van der Waals surface area contributed by atoms with E-state index in [1.54, 1.807) is 29.2 Å². The second-order valence-electron chi connectivity index (χ2n) is 8.98. The van der Waals surface area contributed by atoms with Gasteiger partial charge < -0.3 is 14.8 Å². The maximum Gasteiger partial charge on any atom is 0.303 e. The van der Waals surface area contributed by atoms with Crippen molar-refractivity contribution < 1.29 is 19.1 Å². The Hall–Kier alpha value is -3.65. The molecule has 2 N–H and O–H groups in total. The zero-order valence-electron chi connectivity index (χ0n) is 19.0. The molecule has 1 amide bonds. The Labute approximate surface area is 206 Å². The summed E-state index contributed by atoms with van der Waals surface area (Å²) in [6, 6.07) is 13.1. The van der Waals surface area contributed by atoms with Crippen LogP contribution in [-0.4, -0.2) is 37.8 Å². The van der Waals surface area contributed by atoms with Gasteiger partial charge in [0, 0.05) is 28.4 Å². The fraction of sp³-hybridized carbons (Fsp3) is 0.308. The highest BCUT2D eigenvalue weighted by Gasteiger charge is 2.25. The average molecular weight is 493 g/mol. The second kappa shape index (κ2) is 9.92. The summed E-state index contributed by atoms with van der Waals surface area (Å²) < 4.78 is 7.66. The molecular formula is C26H25ClN4O4. The zero-order chi connectivity index (χ0) is 24.4. The summed E-state index contributed by atoms with van der Waals surface area (Å²) in [5.74, 6) is 0.323. The lowest BCUT2D eigenvalue weighted by Gasteiger charge is -2.28. The van der Waals surface area contributed by atoms with Crippen LogP contribution < -0.4 is 5.32 Å². The lowest BCUT2D eigenvalue weighted by Crippen LogP contribution is -2.38. The van der Waals surface area contributed by atoms with Gasteiger partial charge in [0.2, 0.25) is 5.89 Å². The molecule has 2 aromatic carbocycles. The van der Waals surface area contributed by atoms with Crippen molar-refractivity contribution in [2.24, 2.45) is 5.92 Å². The largest absolute Gasteiger partial charge is 0.481 e. The highest BCUT2D eigenvalue weighted by Crippen LogP contribution is 2.29. The number of halogens is 1. The van der Waals surface area contributed by atoms with Crippen molar-refractivity contribution in [2.45, 2.75) is 44.7 Å². The van der Waals surface area contributed by atoms with Gasteiger partial charge in [0.15, 0.2) is 0 Å². The van der Waals surface area contributed by atoms with Gasteiger partial charge in [-0.3, -0.25) is 14.3 Å². The predicted octanol–water partition coefficient (Wildman–Crippen LogP) is 5.16. The maximum atomic E-state index is 13.3. The Kier molecular flexibility index (Phi) is 6.55. The van der Waals surface area contributed by atoms with Gasteiger partial charge in [-0.2, -0.15) is 5.10 Å². The van der Waals surface area contributed by atoms with Crippen LogP contribution in [0.3, 0.4) is 0 Å². The van der Waals surface area contributed by atoms with Gasteiger partial charge in [0.25, 0.3) is 5.91 Å². The molecule has 8 nitrogen and oxygen atoms in total. The van der Waals surface area contributed by atoms with E-state index in [4.69, 9.17) is 21.1 Å². The SMILES string of the molecule is O=C(O)CC1CCC(NC(=O)c2cc(Cl)cc3cnn(Cc4cnc(-c5ccccc5)o4)c23)CC1. The van der Waals surface area contributed by atoms with Gasteiger partial charge in [-0.25, -0.2) is 4.98 Å². The first kappa shape index (κ1) is 23.1. The molecule has 0 saturated heterocycles. The van der Waals surface area contributed by atoms with Crippen molar-refractivity contribution in [3.05, 3.63) is 71.2 Å². The number of aromatic nitrogens is 3. The number of hydrogen-bond acceptors (Lipinski definition) is 5. The molecule has 0 radical (unpaired) electrons. The van der Waals surface area contributed by atoms with E-state index in [1.165, 1.54) is 0 Å². The summed E-state index contributed by atoms with van der Waals surface area (Å²) in [5.41, 5.74) is 2.00. The van der Waals surface area contributed by atoms with Crippen LogP contribution in [0.2, 0.25) is 5.02 Å². The smallest absolute Gasteiger partial charge is 0.303 e. The van der Waals surface area contributed by atoms with Gasteiger partial charge >= 0.3 is 5.97 Å². The highest BCUT2D eigenvalue weighted by molar-refractivity contribution is 6.32. The number of nitrogens with one attached hydrogen (secondary N) is 1. The average Bonchev–Trinajstić information content (AvgIpc) is 3.47. The number of fused-ring (bicyclic) bond motifs is 1. The molecule has 35 heavy (non-hydrogen) atoms. The van der Waals surface area contributed by atoms with E-state index < -0.39 is 5.97 Å². The van der Waals surface area contributed by atoms with Crippen LogP contribution in [0.15, 0.2) is 59.3 Å². The number of carboxylic acid groups (broad SMARTS) is 1. The molecule has 0 aliphatic heterocycles. The van der Waals surface area contributed by atoms with Gasteiger partial charge in [-0.1, -0.05) is 29.8 Å². The summed E-state index contributed by atoms with van der Waals surface area (Å²) in [6.45, 7) is 0.311. The molecule has 2 aromatic heterocycles. The minimum Gasteiger partial charge on any atom is -0.481 e. The van der Waals surface area contributed by atoms with E-state index in [-0.39, 0.29) is 24.3 Å². The van der Waals surface area contributed by atoms with Crippen LogP contribution in [0.25, 0.3) is 22.4 Å². The van der Waals surface area contributed by atoms with E-state index in [9.17, 15) is 9.59 Å². The van der Waals surface area contributed by atoms with E-state index in [0.29, 0.717) is 34.3 Å². The maximum absolute atomic E-state index is 13.3. The van der Waals surface area contributed by atoms with Crippen molar-refractivity contribution in [2.75, 3.05) is 0 Å². The number of carboxylic acids is 1. The number of hydrogen-bond donors (Lipinski definition) is 2. The molecule has 1 saturated carbocycles. The van der Waals surface area contributed by atoms with Crippen molar-refractivity contribution in [1.82, 2.24) is 20.1 Å². The Balaban J connectivity index is 1.35. The van der Waals surface area contributed by atoms with Crippen LogP contribution in [0.5, 0.6) is 0 Å². The third-order valence-electron chi connectivity index (χ3n) is 6.47. The third-order valence-corrected chi connectivity index (χ3v) is 6.69. The number of benzene rings is 2. The second-order valence-corrected chi connectivity index (χ2v) is 9.42. The van der Waals surface area contributed by atoms with Crippen LogP contribution in [-0.2, 0) is 11.3 Å². The monoisotopic (exact) mass is 492 g/mol. The molecule has 1 fully saturated rings. The Morgan fingerprint density at radius 2 is 1.89 bits per heavy atom. The summed E-state index contributed by atoms with van der Waals surface area (Å²) in [4.78, 5) is 28.6. The van der Waals surface area contributed by atoms with Gasteiger partial charge in [0.05, 0.1) is 23.5 Å². The number of aliphatic carboxylic acids is 1. The summed E-state index contributed by atoms with van der Waals surface area (Å²) in [7, 11) is 0. The summed E-state index contributed by atoms with van der Waals surface area (Å²) >= 11 is 6.32. The van der Waals surface area contributed by atoms with Gasteiger partial charge in [-0.05, 0) is 55.9 Å². The van der Waals surface area contributed by atoms with Crippen LogP contribution in [0, 0.1) is 5.92 Å². The predicted molar refractivity (Wildman–Crippen MR) is 131 cm³/mol. The number of rotatable bonds is 7. The highest BCUT2D eigenvalue weighted by atomic mass is 35.5. The van der Waals surface area contributed by atoms with Crippen molar-refractivity contribution >= 4 is 34.4 Å². The molecule has 0 spiro atoms. The third kappa shape index (κ3) is 5.22. The topological polar surface area (TPSA) is 110 Å². The number of carbonyl (C=O) groups excluding carboxylic acids is 1. The van der Waals surface area contributed by atoms with Crippen LogP contribution in [0.4, 0.5) is 0 Å². The molecule has 1 aliphatic carbocycles. The number of nitrogens with zero attached hydrogens (tertiary/aromatic N) is 3. The Morgan fingerprint density at radius 1 is 1.11 bits per heavy atom. The Bertz CT molecular complexity index is 1360. The molecular weight excluding hydrogens is 468 g/mol. The van der Waals surface area contributed by atoms with Gasteiger partial charge in [0.1, 0.15) is 12.3 Å². The standard InChI is InChI=1S/C26H25ClN4O4/c27-19-11-18-13-29-31(15-21-14-28-26(35-21)17-4-2-1-3-5-17)24(18)22(12-19)25(34)30-20-8-6-16(7-9-20)10-23(32)33/h1-5,11-14,16,20H,6-10,15H2,(H,30,34)(H,32,33). The lowest BCUT2D eigenvalue weighted by atomic mass is 9.84. The van der Waals surface area contributed by atoms with E-state index in [0.717, 1.165) is 36.6 Å². The van der Waals surface area contributed by atoms with Crippen molar-refractivity contribution in [3.63, 3.8) is 0 Å². The number of carbonyl (C=O) groups is 2. The van der Waals surface area contributed by atoms with Gasteiger partial charge in [-0.15, -0.1) is 0 Å². The molecule has 1 aliphatic rings. The quantitative estimate of drug-likeness (QED) is 0.369. The van der Waals surface area contributed by atoms with Crippen LogP contribution >= 0.6 is 11.6 Å². The normalized spacial score (nSPS) is 18.0. The molecule has 0 atom stereocenters. The molecule has 4 aromatic rings. The molecule has 180 valence electrons. The fourth-order valence-electron chi connectivity index (χ4n) is 4.75. The van der Waals surface area contributed by atoms with E-state index >= 15 is 0 Å². The minimum absolute atomic E-state index is 0.000604. The van der Waals surface area contributed by atoms with Crippen LogP contribution in [0.1, 0.15) is 48.2 Å². The number of amides is 1. The van der Waals surface area contributed by atoms with Crippen molar-refractivity contribution in [3.8, 4) is 11.5 Å². The molecule has 2 heterocycles. The molecule has 0 bridgehead atoms. The van der Waals surface area contributed by atoms with E-state index in [2.05, 4.69) is 15.4 Å². The first-order chi connectivity index (χ1) is 17.0. The first-order valence-electron chi connectivity index (χ1n) is 11.6.